The molecule has 0 aliphatic rings. The summed E-state index contributed by atoms with van der Waals surface area (Å²) in [5, 5.41) is 19.2. The molecule has 6 nitrogen and oxygen atoms in total. The lowest BCUT2D eigenvalue weighted by Gasteiger charge is -2.27. The highest BCUT2D eigenvalue weighted by Crippen LogP contribution is 2.30. The highest BCUT2D eigenvalue weighted by molar-refractivity contribution is 6.37. The summed E-state index contributed by atoms with van der Waals surface area (Å²) in [6.07, 6.45) is 0. The van der Waals surface area contributed by atoms with E-state index in [4.69, 9.17) is 23.2 Å². The Morgan fingerprint density at radius 1 is 0.811 bits per heavy atom. The molecule has 0 radical (unpaired) electrons. The second kappa shape index (κ2) is 11.4. The summed E-state index contributed by atoms with van der Waals surface area (Å²) in [4.78, 5) is 25.9. The van der Waals surface area contributed by atoms with E-state index in [1.807, 2.05) is 12.1 Å². The van der Waals surface area contributed by atoms with Gasteiger partial charge in [-0.1, -0.05) is 96.0 Å². The van der Waals surface area contributed by atoms with Crippen LogP contribution in [0.2, 0.25) is 10.0 Å². The number of anilines is 1. The van der Waals surface area contributed by atoms with Gasteiger partial charge in [-0.3, -0.25) is 9.59 Å². The van der Waals surface area contributed by atoms with Crippen LogP contribution in [0.15, 0.2) is 108 Å². The SMILES string of the molecule is CC(=NNC(=O)C(O)(c1ccccc1)c1ccccc1)c1cccc(NC(=O)c2ccc(Cl)cc2Cl)c1. The molecule has 0 spiro atoms. The number of hydrazone groups is 1. The van der Waals surface area contributed by atoms with Crippen LogP contribution in [0, 0.1) is 0 Å². The van der Waals surface area contributed by atoms with Crippen molar-refractivity contribution in [2.75, 3.05) is 5.32 Å². The molecule has 0 aromatic heterocycles. The number of carbonyl (C=O) groups excluding carboxylic acids is 2. The average molecular weight is 532 g/mol. The zero-order valence-corrected chi connectivity index (χ0v) is 21.3. The first-order valence-corrected chi connectivity index (χ1v) is 12.1. The van der Waals surface area contributed by atoms with Gasteiger partial charge in [-0.2, -0.15) is 5.10 Å². The van der Waals surface area contributed by atoms with Crippen molar-refractivity contribution in [2.24, 2.45) is 5.10 Å². The first-order valence-electron chi connectivity index (χ1n) is 11.3. The van der Waals surface area contributed by atoms with Gasteiger partial charge in [-0.25, -0.2) is 5.43 Å². The molecule has 0 saturated carbocycles. The summed E-state index contributed by atoms with van der Waals surface area (Å²) in [7, 11) is 0. The number of rotatable bonds is 7. The summed E-state index contributed by atoms with van der Waals surface area (Å²) in [5.74, 6) is -1.09. The maximum Gasteiger partial charge on any atom is 0.281 e. The number of amides is 2. The van der Waals surface area contributed by atoms with Crippen LogP contribution in [-0.2, 0) is 10.4 Å². The first-order chi connectivity index (χ1) is 17.8. The van der Waals surface area contributed by atoms with Crippen molar-refractivity contribution < 1.29 is 14.7 Å². The first kappa shape index (κ1) is 26.1. The van der Waals surface area contributed by atoms with E-state index in [0.29, 0.717) is 33.1 Å². The van der Waals surface area contributed by atoms with E-state index < -0.39 is 17.4 Å². The number of aliphatic hydroxyl groups is 1. The van der Waals surface area contributed by atoms with E-state index in [-0.39, 0.29) is 10.6 Å². The molecule has 37 heavy (non-hydrogen) atoms. The largest absolute Gasteiger partial charge is 0.372 e. The van der Waals surface area contributed by atoms with Gasteiger partial charge in [-0.05, 0) is 53.9 Å². The molecule has 0 unspecified atom stereocenters. The van der Waals surface area contributed by atoms with Crippen molar-refractivity contribution in [3.8, 4) is 0 Å². The van der Waals surface area contributed by atoms with Gasteiger partial charge in [0, 0.05) is 10.7 Å². The van der Waals surface area contributed by atoms with Crippen molar-refractivity contribution in [1.29, 1.82) is 0 Å². The predicted octanol–water partition coefficient (Wildman–Crippen LogP) is 6.02. The van der Waals surface area contributed by atoms with Crippen molar-refractivity contribution in [2.45, 2.75) is 12.5 Å². The number of hydrogen-bond acceptors (Lipinski definition) is 4. The molecule has 0 atom stereocenters. The van der Waals surface area contributed by atoms with Gasteiger partial charge in [0.2, 0.25) is 0 Å². The standard InChI is InChI=1S/C29H23Cl2N3O3/c1-19(20-9-8-14-24(17-20)32-27(35)25-16-15-23(30)18-26(25)31)33-34-28(36)29(37,21-10-4-2-5-11-21)22-12-6-3-7-13-22/h2-18,37H,1H3,(H,32,35)(H,34,36). The molecule has 4 rings (SSSR count). The minimum absolute atomic E-state index is 0.242. The second-order valence-corrected chi connectivity index (χ2v) is 9.08. The molecule has 0 heterocycles. The van der Waals surface area contributed by atoms with E-state index in [9.17, 15) is 14.7 Å². The van der Waals surface area contributed by atoms with Gasteiger partial charge >= 0.3 is 0 Å². The number of nitrogens with one attached hydrogen (secondary N) is 2. The molecule has 186 valence electrons. The third kappa shape index (κ3) is 5.89. The number of carbonyl (C=O) groups is 2. The van der Waals surface area contributed by atoms with Crippen molar-refractivity contribution in [3.05, 3.63) is 135 Å². The molecule has 0 aliphatic carbocycles. The highest BCUT2D eigenvalue weighted by Gasteiger charge is 2.39. The van der Waals surface area contributed by atoms with Crippen LogP contribution in [0.3, 0.4) is 0 Å². The van der Waals surface area contributed by atoms with Crippen LogP contribution in [0.25, 0.3) is 0 Å². The summed E-state index contributed by atoms with van der Waals surface area (Å²) in [6.45, 7) is 1.71. The lowest BCUT2D eigenvalue weighted by Crippen LogP contribution is -2.43. The molecule has 0 saturated heterocycles. The van der Waals surface area contributed by atoms with Gasteiger partial charge in [-0.15, -0.1) is 0 Å². The lowest BCUT2D eigenvalue weighted by molar-refractivity contribution is -0.136. The molecule has 0 bridgehead atoms. The Morgan fingerprint density at radius 2 is 1.43 bits per heavy atom. The van der Waals surface area contributed by atoms with E-state index >= 15 is 0 Å². The van der Waals surface area contributed by atoms with Crippen LogP contribution in [0.4, 0.5) is 5.69 Å². The van der Waals surface area contributed by atoms with Crippen LogP contribution in [0.1, 0.15) is 34.0 Å². The Kier molecular flexibility index (Phi) is 8.04. The number of halogens is 2. The zero-order chi connectivity index (χ0) is 26.4. The third-order valence-corrected chi connectivity index (χ3v) is 6.30. The monoisotopic (exact) mass is 531 g/mol. The van der Waals surface area contributed by atoms with E-state index in [1.54, 1.807) is 91.9 Å². The Bertz CT molecular complexity index is 1420. The molecule has 3 N–H and O–H groups in total. The van der Waals surface area contributed by atoms with E-state index in [0.717, 1.165) is 0 Å². The normalized spacial score (nSPS) is 11.6. The predicted molar refractivity (Wildman–Crippen MR) is 147 cm³/mol. The molecule has 0 aliphatic heterocycles. The van der Waals surface area contributed by atoms with Gasteiger partial charge in [0.05, 0.1) is 16.3 Å². The van der Waals surface area contributed by atoms with E-state index in [2.05, 4.69) is 15.8 Å². The summed E-state index contributed by atoms with van der Waals surface area (Å²) < 4.78 is 0. The van der Waals surface area contributed by atoms with Gasteiger partial charge in [0.1, 0.15) is 0 Å². The highest BCUT2D eigenvalue weighted by atomic mass is 35.5. The van der Waals surface area contributed by atoms with Gasteiger partial charge in [0.25, 0.3) is 11.8 Å². The number of hydrogen-bond donors (Lipinski definition) is 3. The second-order valence-electron chi connectivity index (χ2n) is 8.24. The fraction of sp³-hybridized carbons (Fsp3) is 0.0690. The van der Waals surface area contributed by atoms with Crippen molar-refractivity contribution in [3.63, 3.8) is 0 Å². The number of nitrogens with zero attached hydrogens (tertiary/aromatic N) is 1. The molecule has 0 fully saturated rings. The summed E-state index contributed by atoms with van der Waals surface area (Å²) in [6, 6.07) is 29.0. The topological polar surface area (TPSA) is 90.8 Å². The third-order valence-electron chi connectivity index (χ3n) is 5.75. The molecular weight excluding hydrogens is 509 g/mol. The number of benzene rings is 4. The van der Waals surface area contributed by atoms with Crippen molar-refractivity contribution in [1.82, 2.24) is 5.43 Å². The molecule has 4 aromatic rings. The Labute approximate surface area is 224 Å². The zero-order valence-electron chi connectivity index (χ0n) is 19.8. The Balaban J connectivity index is 1.54. The van der Waals surface area contributed by atoms with Crippen LogP contribution in [0.5, 0.6) is 0 Å². The fourth-order valence-corrected chi connectivity index (χ4v) is 4.26. The summed E-state index contributed by atoms with van der Waals surface area (Å²) >= 11 is 12.1. The van der Waals surface area contributed by atoms with E-state index in [1.165, 1.54) is 6.07 Å². The van der Waals surface area contributed by atoms with Crippen molar-refractivity contribution >= 4 is 46.4 Å². The van der Waals surface area contributed by atoms with Gasteiger partial charge in [0.15, 0.2) is 5.60 Å². The minimum atomic E-state index is -1.94. The fourth-order valence-electron chi connectivity index (χ4n) is 3.76. The molecule has 4 aromatic carbocycles. The smallest absolute Gasteiger partial charge is 0.281 e. The minimum Gasteiger partial charge on any atom is -0.372 e. The summed E-state index contributed by atoms with van der Waals surface area (Å²) in [5.41, 5.74) is 3.31. The Morgan fingerprint density at radius 3 is 2.03 bits per heavy atom. The molecule has 8 heteroatoms. The maximum absolute atomic E-state index is 13.3. The maximum atomic E-state index is 13.3. The van der Waals surface area contributed by atoms with Crippen LogP contribution >= 0.6 is 23.2 Å². The average Bonchev–Trinajstić information content (AvgIpc) is 2.92. The molecule has 2 amide bonds. The quantitative estimate of drug-likeness (QED) is 0.201. The van der Waals surface area contributed by atoms with Crippen LogP contribution < -0.4 is 10.7 Å². The van der Waals surface area contributed by atoms with Gasteiger partial charge < -0.3 is 10.4 Å². The molecular formula is C29H23Cl2N3O3. The Hall–Kier alpha value is -3.97. The van der Waals surface area contributed by atoms with Crippen LogP contribution in [-0.4, -0.2) is 22.6 Å². The lowest BCUT2D eigenvalue weighted by atomic mass is 9.85.